The highest BCUT2D eigenvalue weighted by atomic mass is 79.9. The third kappa shape index (κ3) is 3.42. The highest BCUT2D eigenvalue weighted by Crippen LogP contribution is 2.26. The first-order valence-corrected chi connectivity index (χ1v) is 10.3. The van der Waals surface area contributed by atoms with Crippen molar-refractivity contribution in [1.29, 1.82) is 0 Å². The van der Waals surface area contributed by atoms with E-state index in [1.165, 1.54) is 16.9 Å². The summed E-state index contributed by atoms with van der Waals surface area (Å²) in [4.78, 5) is 17.7. The van der Waals surface area contributed by atoms with E-state index in [1.807, 2.05) is 53.9 Å². The van der Waals surface area contributed by atoms with E-state index in [1.54, 1.807) is 16.3 Å². The summed E-state index contributed by atoms with van der Waals surface area (Å²) in [5, 5.41) is 2.63. The van der Waals surface area contributed by atoms with Crippen LogP contribution in [0.5, 0.6) is 0 Å². The Kier molecular flexibility index (Phi) is 4.74. The monoisotopic (exact) mass is 428 g/mol. The summed E-state index contributed by atoms with van der Waals surface area (Å²) in [6, 6.07) is 19.8. The van der Waals surface area contributed by atoms with Gasteiger partial charge in [0.2, 0.25) is 0 Å². The van der Waals surface area contributed by atoms with Crippen LogP contribution in [-0.2, 0) is 5.75 Å². The molecular formula is C19H13BrN2OS2. The van der Waals surface area contributed by atoms with Gasteiger partial charge in [-0.05, 0) is 41.3 Å². The maximum Gasteiger partial charge on any atom is 0.276 e. The van der Waals surface area contributed by atoms with Crippen LogP contribution in [0.3, 0.4) is 0 Å². The molecule has 0 fully saturated rings. The second kappa shape index (κ2) is 7.15. The topological polar surface area (TPSA) is 34.9 Å². The molecule has 0 spiro atoms. The second-order valence-electron chi connectivity index (χ2n) is 5.42. The van der Waals surface area contributed by atoms with Crippen LogP contribution in [0.2, 0.25) is 0 Å². The van der Waals surface area contributed by atoms with E-state index < -0.39 is 0 Å². The largest absolute Gasteiger partial charge is 0.276 e. The fourth-order valence-corrected chi connectivity index (χ4v) is 4.51. The molecule has 0 saturated carbocycles. The van der Waals surface area contributed by atoms with Crippen molar-refractivity contribution in [3.05, 3.63) is 86.4 Å². The number of hydrogen-bond acceptors (Lipinski definition) is 4. The number of aromatic nitrogens is 2. The quantitative estimate of drug-likeness (QED) is 0.317. The molecule has 4 rings (SSSR count). The molecule has 3 nitrogen and oxygen atoms in total. The Morgan fingerprint density at radius 2 is 1.80 bits per heavy atom. The van der Waals surface area contributed by atoms with Gasteiger partial charge in [0.15, 0.2) is 5.16 Å². The molecule has 0 aliphatic carbocycles. The first kappa shape index (κ1) is 16.6. The summed E-state index contributed by atoms with van der Waals surface area (Å²) in [5.41, 5.74) is 2.78. The number of halogens is 1. The summed E-state index contributed by atoms with van der Waals surface area (Å²) in [5.74, 6) is 0.752. The van der Waals surface area contributed by atoms with Crippen molar-refractivity contribution in [2.24, 2.45) is 0 Å². The number of thioether (sulfide) groups is 1. The van der Waals surface area contributed by atoms with E-state index in [0.29, 0.717) is 9.86 Å². The minimum Gasteiger partial charge on any atom is -0.267 e. The molecule has 0 radical (unpaired) electrons. The first-order valence-electron chi connectivity index (χ1n) is 7.65. The van der Waals surface area contributed by atoms with Crippen molar-refractivity contribution in [1.82, 2.24) is 9.55 Å². The molecule has 0 N–H and O–H groups in total. The zero-order chi connectivity index (χ0) is 17.2. The Balaban J connectivity index is 1.78. The van der Waals surface area contributed by atoms with Crippen LogP contribution in [-0.4, -0.2) is 9.55 Å². The molecule has 2 heterocycles. The van der Waals surface area contributed by atoms with Gasteiger partial charge >= 0.3 is 0 Å². The molecule has 124 valence electrons. The van der Waals surface area contributed by atoms with Crippen LogP contribution in [0.4, 0.5) is 0 Å². The molecular weight excluding hydrogens is 416 g/mol. The van der Waals surface area contributed by atoms with Gasteiger partial charge in [0.05, 0.1) is 11.2 Å². The first-order chi connectivity index (χ1) is 12.2. The van der Waals surface area contributed by atoms with Gasteiger partial charge in [-0.3, -0.25) is 9.36 Å². The number of para-hydroxylation sites is 1. The number of rotatable bonds is 4. The Hall–Kier alpha value is -1.89. The lowest BCUT2D eigenvalue weighted by atomic mass is 10.2. The van der Waals surface area contributed by atoms with Crippen LogP contribution in [0.15, 0.2) is 80.5 Å². The van der Waals surface area contributed by atoms with Gasteiger partial charge < -0.3 is 0 Å². The number of fused-ring (bicyclic) bond motifs is 1. The molecule has 0 amide bonds. The highest BCUT2D eigenvalue weighted by Gasteiger charge is 2.14. The van der Waals surface area contributed by atoms with E-state index in [9.17, 15) is 4.79 Å². The lowest BCUT2D eigenvalue weighted by Gasteiger charge is -2.12. The fourth-order valence-electron chi connectivity index (χ4n) is 2.52. The molecule has 0 atom stereocenters. The van der Waals surface area contributed by atoms with Crippen molar-refractivity contribution in [2.45, 2.75) is 10.9 Å². The van der Waals surface area contributed by atoms with Crippen molar-refractivity contribution >= 4 is 49.2 Å². The van der Waals surface area contributed by atoms with Crippen molar-refractivity contribution < 1.29 is 0 Å². The van der Waals surface area contributed by atoms with Crippen LogP contribution < -0.4 is 5.56 Å². The molecule has 4 aromatic rings. The zero-order valence-electron chi connectivity index (χ0n) is 13.1. The van der Waals surface area contributed by atoms with Gasteiger partial charge in [0, 0.05) is 10.2 Å². The molecule has 6 heteroatoms. The van der Waals surface area contributed by atoms with E-state index in [2.05, 4.69) is 28.1 Å². The smallest absolute Gasteiger partial charge is 0.267 e. The number of nitrogens with zero attached hydrogens (tertiary/aromatic N) is 2. The van der Waals surface area contributed by atoms with Crippen LogP contribution >= 0.6 is 39.0 Å². The standard InChI is InChI=1S/C19H13BrN2OS2/c20-14-8-6-13(7-9-14)12-25-19-21-16-10-11-24-17(16)18(23)22(19)15-4-2-1-3-5-15/h1-11H,12H2. The maximum atomic E-state index is 13.0. The normalized spacial score (nSPS) is 11.1. The SMILES string of the molecule is O=c1c2sccc2nc(SCc2ccc(Br)cc2)n1-c1ccccc1. The Morgan fingerprint density at radius 1 is 1.04 bits per heavy atom. The summed E-state index contributed by atoms with van der Waals surface area (Å²) in [6.45, 7) is 0. The molecule has 2 aromatic carbocycles. The molecule has 0 aliphatic rings. The predicted octanol–water partition coefficient (Wildman–Crippen LogP) is 5.50. The maximum absolute atomic E-state index is 13.0. The van der Waals surface area contributed by atoms with Gasteiger partial charge in [-0.15, -0.1) is 11.3 Å². The average Bonchev–Trinajstić information content (AvgIpc) is 3.11. The van der Waals surface area contributed by atoms with Gasteiger partial charge in [0.1, 0.15) is 4.70 Å². The Labute approximate surface area is 161 Å². The summed E-state index contributed by atoms with van der Waals surface area (Å²) in [7, 11) is 0. The zero-order valence-corrected chi connectivity index (χ0v) is 16.3. The average molecular weight is 429 g/mol. The number of hydrogen-bond donors (Lipinski definition) is 0. The van der Waals surface area contributed by atoms with Crippen LogP contribution in [0, 0.1) is 0 Å². The van der Waals surface area contributed by atoms with Crippen molar-refractivity contribution in [3.8, 4) is 5.69 Å². The van der Waals surface area contributed by atoms with E-state index >= 15 is 0 Å². The lowest BCUT2D eigenvalue weighted by Crippen LogP contribution is -2.20. The highest BCUT2D eigenvalue weighted by molar-refractivity contribution is 9.10. The Bertz CT molecular complexity index is 1070. The van der Waals surface area contributed by atoms with Gasteiger partial charge in [-0.25, -0.2) is 4.98 Å². The van der Waals surface area contributed by atoms with Gasteiger partial charge in [0.25, 0.3) is 5.56 Å². The van der Waals surface area contributed by atoms with Crippen molar-refractivity contribution in [2.75, 3.05) is 0 Å². The lowest BCUT2D eigenvalue weighted by molar-refractivity contribution is 0.822. The predicted molar refractivity (Wildman–Crippen MR) is 109 cm³/mol. The number of benzene rings is 2. The van der Waals surface area contributed by atoms with Gasteiger partial charge in [-0.1, -0.05) is 58.0 Å². The molecule has 0 saturated heterocycles. The van der Waals surface area contributed by atoms with Gasteiger partial charge in [-0.2, -0.15) is 0 Å². The van der Waals surface area contributed by atoms with Crippen molar-refractivity contribution in [3.63, 3.8) is 0 Å². The number of thiophene rings is 1. The summed E-state index contributed by atoms with van der Waals surface area (Å²) < 4.78 is 3.46. The minimum absolute atomic E-state index is 0.00972. The molecule has 2 aromatic heterocycles. The van der Waals surface area contributed by atoms with Crippen LogP contribution in [0.1, 0.15) is 5.56 Å². The third-order valence-corrected chi connectivity index (χ3v) is 6.17. The second-order valence-corrected chi connectivity index (χ2v) is 8.19. The van der Waals surface area contributed by atoms with E-state index in [0.717, 1.165) is 21.4 Å². The third-order valence-electron chi connectivity index (χ3n) is 3.74. The minimum atomic E-state index is -0.00972. The Morgan fingerprint density at radius 3 is 2.56 bits per heavy atom. The fraction of sp³-hybridized carbons (Fsp3) is 0.0526. The molecule has 0 unspecified atom stereocenters. The molecule has 0 aliphatic heterocycles. The van der Waals surface area contributed by atoms with E-state index in [4.69, 9.17) is 4.98 Å². The summed E-state index contributed by atoms with van der Waals surface area (Å²) in [6.07, 6.45) is 0. The molecule has 0 bridgehead atoms. The molecule has 25 heavy (non-hydrogen) atoms. The van der Waals surface area contributed by atoms with E-state index in [-0.39, 0.29) is 5.56 Å². The summed E-state index contributed by atoms with van der Waals surface area (Å²) >= 11 is 6.46. The van der Waals surface area contributed by atoms with Crippen LogP contribution in [0.25, 0.3) is 15.9 Å².